The molecule has 4 heteroatoms. The van der Waals surface area contributed by atoms with Gasteiger partial charge < -0.3 is 15.4 Å². The third-order valence-electron chi connectivity index (χ3n) is 3.91. The van der Waals surface area contributed by atoms with Crippen molar-refractivity contribution in [2.24, 2.45) is 11.7 Å². The number of hydrogen-bond donors (Lipinski definition) is 1. The number of ether oxygens (including phenoxy) is 1. The van der Waals surface area contributed by atoms with Gasteiger partial charge in [-0.3, -0.25) is 4.79 Å². The minimum Gasteiger partial charge on any atom is -0.465 e. The SMILES string of the molecule is CCOC(=O)C(C)(N)CCN(CC1CC1)C1CC1. The fourth-order valence-corrected chi connectivity index (χ4v) is 2.27. The second-order valence-electron chi connectivity index (χ2n) is 6.06. The van der Waals surface area contributed by atoms with Gasteiger partial charge in [-0.05, 0) is 51.9 Å². The zero-order valence-electron chi connectivity index (χ0n) is 11.7. The van der Waals surface area contributed by atoms with E-state index in [1.54, 1.807) is 6.92 Å². The molecule has 2 rings (SSSR count). The highest BCUT2D eigenvalue weighted by molar-refractivity contribution is 5.79. The van der Waals surface area contributed by atoms with Gasteiger partial charge >= 0.3 is 5.97 Å². The molecule has 4 nitrogen and oxygen atoms in total. The van der Waals surface area contributed by atoms with Gasteiger partial charge in [-0.1, -0.05) is 0 Å². The van der Waals surface area contributed by atoms with Crippen LogP contribution in [-0.2, 0) is 9.53 Å². The van der Waals surface area contributed by atoms with Crippen molar-refractivity contribution < 1.29 is 9.53 Å². The molecule has 2 aliphatic rings. The van der Waals surface area contributed by atoms with E-state index in [2.05, 4.69) is 4.90 Å². The summed E-state index contributed by atoms with van der Waals surface area (Å²) in [5, 5.41) is 0. The molecule has 0 radical (unpaired) electrons. The van der Waals surface area contributed by atoms with Crippen LogP contribution < -0.4 is 5.73 Å². The van der Waals surface area contributed by atoms with Crippen LogP contribution in [0.1, 0.15) is 46.0 Å². The number of nitrogens with two attached hydrogens (primary N) is 1. The first-order valence-electron chi connectivity index (χ1n) is 7.23. The molecule has 0 aliphatic heterocycles. The Kier molecular flexibility index (Phi) is 4.28. The van der Waals surface area contributed by atoms with Crippen LogP contribution in [-0.4, -0.2) is 42.1 Å². The van der Waals surface area contributed by atoms with Crippen LogP contribution in [0.5, 0.6) is 0 Å². The average molecular weight is 254 g/mol. The summed E-state index contributed by atoms with van der Waals surface area (Å²) in [6, 6.07) is 0.753. The molecular weight excluding hydrogens is 228 g/mol. The fraction of sp³-hybridized carbons (Fsp3) is 0.929. The second kappa shape index (κ2) is 5.57. The summed E-state index contributed by atoms with van der Waals surface area (Å²) in [6.07, 6.45) is 6.07. The van der Waals surface area contributed by atoms with E-state index in [-0.39, 0.29) is 5.97 Å². The highest BCUT2D eigenvalue weighted by atomic mass is 16.5. The molecule has 0 aromatic rings. The molecule has 18 heavy (non-hydrogen) atoms. The summed E-state index contributed by atoms with van der Waals surface area (Å²) in [7, 11) is 0. The van der Waals surface area contributed by atoms with Crippen molar-refractivity contribution in [3.8, 4) is 0 Å². The van der Waals surface area contributed by atoms with Crippen LogP contribution in [0.15, 0.2) is 0 Å². The van der Waals surface area contributed by atoms with Gasteiger partial charge in [0.2, 0.25) is 0 Å². The van der Waals surface area contributed by atoms with E-state index in [0.717, 1.165) is 18.5 Å². The Hall–Kier alpha value is -0.610. The molecule has 0 spiro atoms. The molecule has 0 saturated heterocycles. The van der Waals surface area contributed by atoms with E-state index in [1.807, 2.05) is 6.92 Å². The summed E-state index contributed by atoms with van der Waals surface area (Å²) >= 11 is 0. The largest absolute Gasteiger partial charge is 0.465 e. The van der Waals surface area contributed by atoms with Gasteiger partial charge in [0.05, 0.1) is 6.61 Å². The smallest absolute Gasteiger partial charge is 0.325 e. The van der Waals surface area contributed by atoms with Crippen molar-refractivity contribution in [3.05, 3.63) is 0 Å². The van der Waals surface area contributed by atoms with E-state index in [9.17, 15) is 4.79 Å². The molecule has 104 valence electrons. The van der Waals surface area contributed by atoms with Crippen LogP contribution in [0.25, 0.3) is 0 Å². The maximum atomic E-state index is 11.7. The number of rotatable bonds is 8. The van der Waals surface area contributed by atoms with E-state index in [4.69, 9.17) is 10.5 Å². The first-order chi connectivity index (χ1) is 8.53. The summed E-state index contributed by atoms with van der Waals surface area (Å²) in [4.78, 5) is 14.3. The summed E-state index contributed by atoms with van der Waals surface area (Å²) in [6.45, 7) is 6.13. The zero-order valence-corrected chi connectivity index (χ0v) is 11.7. The topological polar surface area (TPSA) is 55.6 Å². The highest BCUT2D eigenvalue weighted by Crippen LogP contribution is 2.35. The number of nitrogens with zero attached hydrogens (tertiary/aromatic N) is 1. The predicted molar refractivity (Wildman–Crippen MR) is 71.2 cm³/mol. The number of carbonyl (C=O) groups is 1. The molecular formula is C14H26N2O2. The minimum atomic E-state index is -0.841. The first-order valence-corrected chi connectivity index (χ1v) is 7.23. The number of hydrogen-bond acceptors (Lipinski definition) is 4. The number of carbonyl (C=O) groups excluding carboxylic acids is 1. The van der Waals surface area contributed by atoms with Gasteiger partial charge in [0.25, 0.3) is 0 Å². The molecule has 0 aromatic carbocycles. The van der Waals surface area contributed by atoms with Crippen molar-refractivity contribution in [1.82, 2.24) is 4.90 Å². The molecule has 2 saturated carbocycles. The standard InChI is InChI=1S/C14H26N2O2/c1-3-18-13(17)14(2,15)8-9-16(12-6-7-12)10-11-4-5-11/h11-12H,3-10,15H2,1-2H3. The normalized spacial score (nSPS) is 22.9. The highest BCUT2D eigenvalue weighted by Gasteiger charge is 2.36. The Labute approximate surface area is 110 Å². The van der Waals surface area contributed by atoms with Crippen LogP contribution in [0, 0.1) is 5.92 Å². The molecule has 2 fully saturated rings. The van der Waals surface area contributed by atoms with E-state index < -0.39 is 5.54 Å². The van der Waals surface area contributed by atoms with Crippen LogP contribution >= 0.6 is 0 Å². The van der Waals surface area contributed by atoms with Gasteiger partial charge in [0, 0.05) is 19.1 Å². The Balaban J connectivity index is 1.77. The summed E-state index contributed by atoms with van der Waals surface area (Å²) < 4.78 is 5.03. The Morgan fingerprint density at radius 3 is 2.56 bits per heavy atom. The Morgan fingerprint density at radius 2 is 2.06 bits per heavy atom. The van der Waals surface area contributed by atoms with Gasteiger partial charge in [-0.15, -0.1) is 0 Å². The lowest BCUT2D eigenvalue weighted by Crippen LogP contribution is -2.48. The summed E-state index contributed by atoms with van der Waals surface area (Å²) in [5.41, 5.74) is 5.22. The van der Waals surface area contributed by atoms with Crippen molar-refractivity contribution in [3.63, 3.8) is 0 Å². The van der Waals surface area contributed by atoms with Gasteiger partial charge in [-0.2, -0.15) is 0 Å². The zero-order chi connectivity index (χ0) is 13.2. The lowest BCUT2D eigenvalue weighted by atomic mass is 9.99. The molecule has 1 unspecified atom stereocenters. The Morgan fingerprint density at radius 1 is 1.39 bits per heavy atom. The quantitative estimate of drug-likeness (QED) is 0.667. The maximum Gasteiger partial charge on any atom is 0.325 e. The summed E-state index contributed by atoms with van der Waals surface area (Å²) in [5.74, 6) is 0.629. The van der Waals surface area contributed by atoms with E-state index >= 15 is 0 Å². The molecule has 0 bridgehead atoms. The second-order valence-corrected chi connectivity index (χ2v) is 6.06. The van der Waals surface area contributed by atoms with Crippen molar-refractivity contribution in [2.45, 2.75) is 57.5 Å². The van der Waals surface area contributed by atoms with Gasteiger partial charge in [0.15, 0.2) is 0 Å². The average Bonchev–Trinajstić information content (AvgIpc) is 3.14. The van der Waals surface area contributed by atoms with Gasteiger partial charge in [-0.25, -0.2) is 0 Å². The van der Waals surface area contributed by atoms with Crippen LogP contribution in [0.4, 0.5) is 0 Å². The molecule has 2 N–H and O–H groups in total. The molecule has 0 aromatic heterocycles. The fourth-order valence-electron chi connectivity index (χ4n) is 2.27. The van der Waals surface area contributed by atoms with Crippen LogP contribution in [0.3, 0.4) is 0 Å². The van der Waals surface area contributed by atoms with Crippen molar-refractivity contribution in [2.75, 3.05) is 19.7 Å². The number of esters is 1. The maximum absolute atomic E-state index is 11.7. The molecule has 2 aliphatic carbocycles. The van der Waals surface area contributed by atoms with Crippen molar-refractivity contribution in [1.29, 1.82) is 0 Å². The molecule has 0 heterocycles. The van der Waals surface area contributed by atoms with Crippen LogP contribution in [0.2, 0.25) is 0 Å². The minimum absolute atomic E-state index is 0.271. The molecule has 1 atom stereocenters. The predicted octanol–water partition coefficient (Wildman–Crippen LogP) is 1.53. The third kappa shape index (κ3) is 3.95. The monoisotopic (exact) mass is 254 g/mol. The van der Waals surface area contributed by atoms with E-state index in [0.29, 0.717) is 13.0 Å². The lowest BCUT2D eigenvalue weighted by molar-refractivity contribution is -0.149. The van der Waals surface area contributed by atoms with E-state index in [1.165, 1.54) is 32.2 Å². The lowest BCUT2D eigenvalue weighted by Gasteiger charge is -2.27. The Bertz CT molecular complexity index is 296. The third-order valence-corrected chi connectivity index (χ3v) is 3.91. The first kappa shape index (κ1) is 13.8. The van der Waals surface area contributed by atoms with Gasteiger partial charge in [0.1, 0.15) is 5.54 Å². The van der Waals surface area contributed by atoms with Crippen molar-refractivity contribution >= 4 is 5.97 Å². The molecule has 0 amide bonds.